The van der Waals surface area contributed by atoms with E-state index in [2.05, 4.69) is 20.2 Å². The molecule has 1 fully saturated rings. The highest BCUT2D eigenvalue weighted by atomic mass is 16.5. The Morgan fingerprint density at radius 3 is 2.92 bits per heavy atom. The SMILES string of the molecule is Cn1cnc2c1[C@@H](C(=O)NCc1ccccn1)CN(C1CCOCC1)C2. The van der Waals surface area contributed by atoms with Gasteiger partial charge in [0.25, 0.3) is 0 Å². The van der Waals surface area contributed by atoms with Crippen molar-refractivity contribution in [3.8, 4) is 0 Å². The van der Waals surface area contributed by atoms with Gasteiger partial charge in [-0.2, -0.15) is 0 Å². The largest absolute Gasteiger partial charge is 0.381 e. The van der Waals surface area contributed by atoms with Crippen LogP contribution in [-0.2, 0) is 29.7 Å². The number of rotatable bonds is 4. The van der Waals surface area contributed by atoms with Crippen LogP contribution >= 0.6 is 0 Å². The lowest BCUT2D eigenvalue weighted by Gasteiger charge is -2.39. The van der Waals surface area contributed by atoms with E-state index in [1.807, 2.05) is 36.1 Å². The number of nitrogens with zero attached hydrogens (tertiary/aromatic N) is 4. The number of nitrogens with one attached hydrogen (secondary N) is 1. The van der Waals surface area contributed by atoms with Gasteiger partial charge in [0, 0.05) is 45.6 Å². The smallest absolute Gasteiger partial charge is 0.230 e. The van der Waals surface area contributed by atoms with Gasteiger partial charge in [-0.25, -0.2) is 4.98 Å². The predicted molar refractivity (Wildman–Crippen MR) is 96.3 cm³/mol. The topological polar surface area (TPSA) is 72.3 Å². The summed E-state index contributed by atoms with van der Waals surface area (Å²) in [5, 5.41) is 3.06. The van der Waals surface area contributed by atoms with Gasteiger partial charge in [-0.3, -0.25) is 14.7 Å². The molecule has 1 atom stereocenters. The molecule has 2 aromatic heterocycles. The van der Waals surface area contributed by atoms with Gasteiger partial charge in [0.05, 0.1) is 35.9 Å². The molecule has 2 aliphatic rings. The first-order valence-corrected chi connectivity index (χ1v) is 9.22. The summed E-state index contributed by atoms with van der Waals surface area (Å²) in [5.41, 5.74) is 2.92. The van der Waals surface area contributed by atoms with E-state index < -0.39 is 0 Å². The third-order valence-electron chi connectivity index (χ3n) is 5.36. The Labute approximate surface area is 153 Å². The zero-order valence-corrected chi connectivity index (χ0v) is 15.1. The minimum absolute atomic E-state index is 0.0391. The molecule has 2 aromatic rings. The normalized spacial score (nSPS) is 21.3. The van der Waals surface area contributed by atoms with Crippen molar-refractivity contribution in [3.63, 3.8) is 0 Å². The molecule has 0 saturated carbocycles. The monoisotopic (exact) mass is 355 g/mol. The molecule has 0 radical (unpaired) electrons. The Morgan fingerprint density at radius 1 is 1.31 bits per heavy atom. The second-order valence-electron chi connectivity index (χ2n) is 7.05. The van der Waals surface area contributed by atoms with Crippen molar-refractivity contribution in [2.24, 2.45) is 7.05 Å². The first-order chi connectivity index (χ1) is 12.7. The number of pyridine rings is 1. The predicted octanol–water partition coefficient (Wildman–Crippen LogP) is 1.21. The van der Waals surface area contributed by atoms with Gasteiger partial charge in [-0.1, -0.05) is 6.07 Å². The van der Waals surface area contributed by atoms with Crippen LogP contribution in [0, 0.1) is 0 Å². The Bertz CT molecular complexity index is 755. The highest BCUT2D eigenvalue weighted by Gasteiger charge is 2.36. The fourth-order valence-electron chi connectivity index (χ4n) is 3.97. The third kappa shape index (κ3) is 3.50. The van der Waals surface area contributed by atoms with Crippen molar-refractivity contribution in [1.82, 2.24) is 24.8 Å². The van der Waals surface area contributed by atoms with Gasteiger partial charge in [0.1, 0.15) is 0 Å². The first-order valence-electron chi connectivity index (χ1n) is 9.22. The van der Waals surface area contributed by atoms with Crippen molar-refractivity contribution in [1.29, 1.82) is 0 Å². The number of hydrogen-bond donors (Lipinski definition) is 1. The molecule has 7 nitrogen and oxygen atoms in total. The summed E-state index contributed by atoms with van der Waals surface area (Å²) in [6.45, 7) is 3.58. The van der Waals surface area contributed by atoms with Crippen molar-refractivity contribution in [2.45, 2.75) is 37.9 Å². The molecule has 4 heterocycles. The quantitative estimate of drug-likeness (QED) is 0.893. The van der Waals surface area contributed by atoms with Crippen molar-refractivity contribution >= 4 is 5.91 Å². The lowest BCUT2D eigenvalue weighted by molar-refractivity contribution is -0.124. The minimum atomic E-state index is -0.210. The molecular formula is C19H25N5O2. The van der Waals surface area contributed by atoms with E-state index in [9.17, 15) is 4.79 Å². The average molecular weight is 355 g/mol. The summed E-state index contributed by atoms with van der Waals surface area (Å²) >= 11 is 0. The van der Waals surface area contributed by atoms with Crippen molar-refractivity contribution in [3.05, 3.63) is 47.8 Å². The number of amides is 1. The van der Waals surface area contributed by atoms with Crippen LogP contribution < -0.4 is 5.32 Å². The highest BCUT2D eigenvalue weighted by molar-refractivity contribution is 5.84. The fourth-order valence-corrected chi connectivity index (χ4v) is 3.97. The van der Waals surface area contributed by atoms with Crippen LogP contribution in [0.1, 0.15) is 35.8 Å². The van der Waals surface area contributed by atoms with Crippen LogP contribution in [0.4, 0.5) is 0 Å². The number of carbonyl (C=O) groups is 1. The number of aromatic nitrogens is 3. The molecule has 138 valence electrons. The Balaban J connectivity index is 1.50. The molecule has 0 aliphatic carbocycles. The van der Waals surface area contributed by atoms with E-state index in [4.69, 9.17) is 4.74 Å². The lowest BCUT2D eigenvalue weighted by Crippen LogP contribution is -2.47. The molecule has 7 heteroatoms. The zero-order valence-electron chi connectivity index (χ0n) is 15.1. The van der Waals surface area contributed by atoms with E-state index in [0.717, 1.165) is 56.2 Å². The Morgan fingerprint density at radius 2 is 2.15 bits per heavy atom. The highest BCUT2D eigenvalue weighted by Crippen LogP contribution is 2.30. The second-order valence-corrected chi connectivity index (χ2v) is 7.05. The maximum atomic E-state index is 13.0. The lowest BCUT2D eigenvalue weighted by atomic mass is 9.94. The summed E-state index contributed by atoms with van der Waals surface area (Å²) < 4.78 is 7.48. The second kappa shape index (κ2) is 7.55. The minimum Gasteiger partial charge on any atom is -0.381 e. The van der Waals surface area contributed by atoms with Gasteiger partial charge in [-0.05, 0) is 25.0 Å². The van der Waals surface area contributed by atoms with Crippen LogP contribution in [0.3, 0.4) is 0 Å². The van der Waals surface area contributed by atoms with Crippen LogP contribution in [0.2, 0.25) is 0 Å². The fraction of sp³-hybridized carbons (Fsp3) is 0.526. The summed E-state index contributed by atoms with van der Waals surface area (Å²) in [6.07, 6.45) is 5.60. The van der Waals surface area contributed by atoms with E-state index in [1.54, 1.807) is 6.20 Å². The number of hydrogen-bond acceptors (Lipinski definition) is 5. The van der Waals surface area contributed by atoms with Crippen LogP contribution in [0.25, 0.3) is 0 Å². The molecule has 1 amide bonds. The van der Waals surface area contributed by atoms with Crippen LogP contribution in [0.15, 0.2) is 30.7 Å². The standard InChI is InChI=1S/C19H25N5O2/c1-23-13-22-17-12-24(15-5-8-26-9-6-15)11-16(18(17)23)19(25)21-10-14-4-2-3-7-20-14/h2-4,7,13,15-16H,5-6,8-12H2,1H3,(H,21,25)/t16-/m0/s1. The van der Waals surface area contributed by atoms with Gasteiger partial charge in [-0.15, -0.1) is 0 Å². The van der Waals surface area contributed by atoms with Crippen molar-refractivity contribution in [2.75, 3.05) is 19.8 Å². The van der Waals surface area contributed by atoms with Crippen molar-refractivity contribution < 1.29 is 9.53 Å². The van der Waals surface area contributed by atoms with Crippen LogP contribution in [-0.4, -0.2) is 51.1 Å². The first kappa shape index (κ1) is 17.2. The summed E-state index contributed by atoms with van der Waals surface area (Å²) in [4.78, 5) is 24.2. The summed E-state index contributed by atoms with van der Waals surface area (Å²) in [5.74, 6) is -0.171. The third-order valence-corrected chi connectivity index (χ3v) is 5.36. The van der Waals surface area contributed by atoms with Crippen LogP contribution in [0.5, 0.6) is 0 Å². The Kier molecular flexibility index (Phi) is 4.99. The molecule has 0 unspecified atom stereocenters. The van der Waals surface area contributed by atoms with Gasteiger partial charge < -0.3 is 14.6 Å². The number of aryl methyl sites for hydroxylation is 1. The molecule has 1 N–H and O–H groups in total. The molecule has 1 saturated heterocycles. The van der Waals surface area contributed by atoms with Gasteiger partial charge in [0.15, 0.2) is 0 Å². The number of imidazole rings is 1. The van der Waals surface area contributed by atoms with E-state index in [0.29, 0.717) is 12.6 Å². The van der Waals surface area contributed by atoms with E-state index in [1.165, 1.54) is 0 Å². The maximum absolute atomic E-state index is 13.0. The molecule has 26 heavy (non-hydrogen) atoms. The summed E-state index contributed by atoms with van der Waals surface area (Å²) in [7, 11) is 1.97. The maximum Gasteiger partial charge on any atom is 0.230 e. The number of ether oxygens (including phenoxy) is 1. The van der Waals surface area contributed by atoms with Gasteiger partial charge >= 0.3 is 0 Å². The van der Waals surface area contributed by atoms with E-state index >= 15 is 0 Å². The average Bonchev–Trinajstić information content (AvgIpc) is 3.08. The number of carbonyl (C=O) groups excluding carboxylic acids is 1. The number of fused-ring (bicyclic) bond motifs is 1. The van der Waals surface area contributed by atoms with E-state index in [-0.39, 0.29) is 11.8 Å². The summed E-state index contributed by atoms with van der Waals surface area (Å²) in [6, 6.07) is 6.19. The molecule has 2 aliphatic heterocycles. The van der Waals surface area contributed by atoms with Gasteiger partial charge in [0.2, 0.25) is 5.91 Å². The Hall–Kier alpha value is -2.25. The zero-order chi connectivity index (χ0) is 17.9. The molecule has 4 rings (SSSR count). The molecule has 0 spiro atoms. The molecular weight excluding hydrogens is 330 g/mol. The molecule has 0 aromatic carbocycles. The molecule has 0 bridgehead atoms.